The van der Waals surface area contributed by atoms with Crippen molar-refractivity contribution in [2.24, 2.45) is 0 Å². The predicted molar refractivity (Wildman–Crippen MR) is 91.1 cm³/mol. The molecule has 0 bridgehead atoms. The molecule has 0 atom stereocenters. The number of nitrogens with zero attached hydrogens (tertiary/aromatic N) is 3. The molecule has 0 fully saturated rings. The fourth-order valence-corrected chi connectivity index (χ4v) is 4.01. The van der Waals surface area contributed by atoms with Crippen LogP contribution in [-0.2, 0) is 19.4 Å². The Morgan fingerprint density at radius 2 is 2.00 bits per heavy atom. The smallest absolute Gasteiger partial charge is 0.282 e. The number of hydrogen-bond acceptors (Lipinski definition) is 2. The van der Waals surface area contributed by atoms with Crippen LogP contribution in [-0.4, -0.2) is 19.2 Å². The van der Waals surface area contributed by atoms with Crippen molar-refractivity contribution < 1.29 is 0 Å². The van der Waals surface area contributed by atoms with E-state index in [1.807, 2.05) is 18.2 Å². The van der Waals surface area contributed by atoms with Crippen molar-refractivity contribution in [2.45, 2.75) is 39.2 Å². The molecule has 23 heavy (non-hydrogen) atoms. The Balaban J connectivity index is 2.04. The lowest BCUT2D eigenvalue weighted by atomic mass is 9.98. The summed E-state index contributed by atoms with van der Waals surface area (Å²) in [6, 6.07) is 8.07. The molecule has 3 aromatic heterocycles. The number of H-pyrrole nitrogens is 1. The maximum Gasteiger partial charge on any atom is 0.282 e. The van der Waals surface area contributed by atoms with Gasteiger partial charge in [0, 0.05) is 23.2 Å². The van der Waals surface area contributed by atoms with Crippen LogP contribution in [0.5, 0.6) is 0 Å². The van der Waals surface area contributed by atoms with Crippen molar-refractivity contribution >= 4 is 27.6 Å². The molecule has 0 aliphatic heterocycles. The average molecular weight is 306 g/mol. The van der Waals surface area contributed by atoms with Gasteiger partial charge in [0.25, 0.3) is 5.56 Å². The summed E-state index contributed by atoms with van der Waals surface area (Å²) in [5.74, 6) is 0. The monoisotopic (exact) mass is 306 g/mol. The molecule has 1 aromatic carbocycles. The molecule has 5 heteroatoms. The van der Waals surface area contributed by atoms with E-state index >= 15 is 0 Å². The van der Waals surface area contributed by atoms with Crippen molar-refractivity contribution in [3.63, 3.8) is 0 Å². The minimum absolute atomic E-state index is 0.0165. The summed E-state index contributed by atoms with van der Waals surface area (Å²) in [4.78, 5) is 18.0. The fraction of sp³-hybridized carbons (Fsp3) is 0.333. The number of rotatable bonds is 1. The standard InChI is InChI=1S/C18H18N4O/c1-2-21-14-10-6-4-8-12(14)15-17(21)19-16-11-7-3-5-9-13(11)20-22(16)18(15)23/h4,6,8,10,20H,2-3,5,7,9H2,1H3. The Kier molecular flexibility index (Phi) is 2.52. The molecule has 116 valence electrons. The van der Waals surface area contributed by atoms with Crippen molar-refractivity contribution in [3.05, 3.63) is 45.9 Å². The third-order valence-corrected chi connectivity index (χ3v) is 5.08. The third-order valence-electron chi connectivity index (χ3n) is 5.08. The van der Waals surface area contributed by atoms with E-state index in [2.05, 4.69) is 22.7 Å². The SMILES string of the molecule is CCn1c2ccccc2c2c(=O)n3[nH]c4c(c3nc21)CCCC4. The van der Waals surface area contributed by atoms with E-state index in [0.29, 0.717) is 0 Å². The summed E-state index contributed by atoms with van der Waals surface area (Å²) >= 11 is 0. The first kappa shape index (κ1) is 12.9. The van der Waals surface area contributed by atoms with Gasteiger partial charge in [-0.3, -0.25) is 9.89 Å². The second-order valence-electron chi connectivity index (χ2n) is 6.31. The number of hydrogen-bond donors (Lipinski definition) is 1. The van der Waals surface area contributed by atoms with Crippen molar-refractivity contribution in [1.29, 1.82) is 0 Å². The van der Waals surface area contributed by atoms with E-state index in [-0.39, 0.29) is 5.56 Å². The van der Waals surface area contributed by atoms with E-state index in [0.717, 1.165) is 47.0 Å². The summed E-state index contributed by atoms with van der Waals surface area (Å²) in [5, 5.41) is 5.01. The highest BCUT2D eigenvalue weighted by Crippen LogP contribution is 2.28. The Labute approximate surface area is 132 Å². The van der Waals surface area contributed by atoms with E-state index < -0.39 is 0 Å². The molecule has 4 aromatic rings. The van der Waals surface area contributed by atoms with Crippen molar-refractivity contribution in [3.8, 4) is 0 Å². The highest BCUT2D eigenvalue weighted by atomic mass is 16.1. The normalized spacial score (nSPS) is 14.8. The molecular formula is C18H18N4O. The number of aryl methyl sites for hydroxylation is 3. The number of nitrogens with one attached hydrogen (secondary N) is 1. The van der Waals surface area contributed by atoms with Gasteiger partial charge in [0.15, 0.2) is 5.65 Å². The molecule has 0 radical (unpaired) electrons. The van der Waals surface area contributed by atoms with Gasteiger partial charge in [-0.2, -0.15) is 0 Å². The number of fused-ring (bicyclic) bond motifs is 6. The largest absolute Gasteiger partial charge is 0.325 e. The summed E-state index contributed by atoms with van der Waals surface area (Å²) < 4.78 is 3.80. The Morgan fingerprint density at radius 3 is 2.87 bits per heavy atom. The van der Waals surface area contributed by atoms with Crippen LogP contribution < -0.4 is 5.56 Å². The average Bonchev–Trinajstić information content (AvgIpc) is 3.11. The maximum absolute atomic E-state index is 13.1. The van der Waals surface area contributed by atoms with Gasteiger partial charge in [-0.05, 0) is 38.7 Å². The van der Waals surface area contributed by atoms with Crippen LogP contribution in [0.2, 0.25) is 0 Å². The molecule has 1 N–H and O–H groups in total. The van der Waals surface area contributed by atoms with Gasteiger partial charge in [0.2, 0.25) is 0 Å². The van der Waals surface area contributed by atoms with E-state index in [4.69, 9.17) is 4.98 Å². The van der Waals surface area contributed by atoms with Gasteiger partial charge in [-0.15, -0.1) is 0 Å². The molecule has 5 nitrogen and oxygen atoms in total. The minimum Gasteiger partial charge on any atom is -0.325 e. The van der Waals surface area contributed by atoms with Crippen LogP contribution in [0, 0.1) is 0 Å². The van der Waals surface area contributed by atoms with Gasteiger partial charge in [-0.25, -0.2) is 9.50 Å². The molecule has 1 aliphatic carbocycles. The molecule has 0 amide bonds. The Morgan fingerprint density at radius 1 is 1.17 bits per heavy atom. The molecule has 1 aliphatic rings. The topological polar surface area (TPSA) is 55.1 Å². The molecular weight excluding hydrogens is 288 g/mol. The molecule has 0 spiro atoms. The maximum atomic E-state index is 13.1. The van der Waals surface area contributed by atoms with Crippen LogP contribution >= 0.6 is 0 Å². The number of benzene rings is 1. The first-order chi connectivity index (χ1) is 11.3. The summed E-state index contributed by atoms with van der Waals surface area (Å²) in [6.45, 7) is 2.90. The minimum atomic E-state index is 0.0165. The molecule has 0 saturated heterocycles. The Hall–Kier alpha value is -2.56. The highest BCUT2D eigenvalue weighted by Gasteiger charge is 2.22. The number of aromatic nitrogens is 4. The number of para-hydroxylation sites is 1. The third kappa shape index (κ3) is 1.57. The summed E-state index contributed by atoms with van der Waals surface area (Å²) in [5.41, 5.74) is 5.13. The van der Waals surface area contributed by atoms with Crippen LogP contribution in [0.3, 0.4) is 0 Å². The van der Waals surface area contributed by atoms with Gasteiger partial charge < -0.3 is 4.57 Å². The fourth-order valence-electron chi connectivity index (χ4n) is 4.01. The lowest BCUT2D eigenvalue weighted by Crippen LogP contribution is -2.15. The first-order valence-electron chi connectivity index (χ1n) is 8.33. The first-order valence-corrected chi connectivity index (χ1v) is 8.33. The van der Waals surface area contributed by atoms with Crippen molar-refractivity contribution in [2.75, 3.05) is 0 Å². The molecule has 5 rings (SSSR count). The van der Waals surface area contributed by atoms with E-state index in [9.17, 15) is 4.79 Å². The second kappa shape index (κ2) is 4.47. The van der Waals surface area contributed by atoms with Crippen LogP contribution in [0.4, 0.5) is 0 Å². The zero-order valence-electron chi connectivity index (χ0n) is 13.1. The van der Waals surface area contributed by atoms with Gasteiger partial charge in [0.1, 0.15) is 5.65 Å². The van der Waals surface area contributed by atoms with E-state index in [1.54, 1.807) is 4.52 Å². The molecule has 0 unspecified atom stereocenters. The van der Waals surface area contributed by atoms with Crippen LogP contribution in [0.15, 0.2) is 29.1 Å². The quantitative estimate of drug-likeness (QED) is 0.587. The predicted octanol–water partition coefficient (Wildman–Crippen LogP) is 3.03. The lowest BCUT2D eigenvalue weighted by molar-refractivity contribution is 0.672. The van der Waals surface area contributed by atoms with Gasteiger partial charge in [-0.1, -0.05) is 18.2 Å². The van der Waals surface area contributed by atoms with Crippen LogP contribution in [0.1, 0.15) is 31.0 Å². The zero-order chi connectivity index (χ0) is 15.6. The summed E-state index contributed by atoms with van der Waals surface area (Å²) in [6.07, 6.45) is 4.37. The molecule has 3 heterocycles. The van der Waals surface area contributed by atoms with Crippen LogP contribution in [0.25, 0.3) is 27.6 Å². The summed E-state index contributed by atoms with van der Waals surface area (Å²) in [7, 11) is 0. The molecule has 0 saturated carbocycles. The Bertz CT molecular complexity index is 1130. The highest BCUT2D eigenvalue weighted by molar-refractivity contribution is 6.06. The van der Waals surface area contributed by atoms with Crippen molar-refractivity contribution in [1.82, 2.24) is 19.2 Å². The zero-order valence-corrected chi connectivity index (χ0v) is 13.1. The van der Waals surface area contributed by atoms with Gasteiger partial charge in [0.05, 0.1) is 10.9 Å². The van der Waals surface area contributed by atoms with E-state index in [1.165, 1.54) is 24.1 Å². The lowest BCUT2D eigenvalue weighted by Gasteiger charge is -2.08. The van der Waals surface area contributed by atoms with Gasteiger partial charge >= 0.3 is 0 Å². The number of aromatic amines is 1. The second-order valence-corrected chi connectivity index (χ2v) is 6.31.